The molecule has 1 saturated carbocycles. The molecule has 3 atom stereocenters. The topological polar surface area (TPSA) is 49.3 Å². The molecule has 3 nitrogen and oxygen atoms in total. The van der Waals surface area contributed by atoms with Crippen LogP contribution >= 0.6 is 0 Å². The van der Waals surface area contributed by atoms with E-state index in [2.05, 4.69) is 5.32 Å². The van der Waals surface area contributed by atoms with E-state index in [9.17, 15) is 17.6 Å². The quantitative estimate of drug-likeness (QED) is 0.653. The summed E-state index contributed by atoms with van der Waals surface area (Å²) in [5.74, 6) is -2.38. The molecule has 1 saturated heterocycles. The molecule has 1 heterocycles. The van der Waals surface area contributed by atoms with Crippen LogP contribution in [0, 0.1) is 5.92 Å². The molecule has 0 amide bonds. The molecule has 2 rings (SSSR count). The number of carboxylic acid groups (broad SMARTS) is 1. The van der Waals surface area contributed by atoms with Crippen molar-refractivity contribution in [1.29, 1.82) is 0 Å². The first kappa shape index (κ1) is 14.2. The molecule has 0 bridgehead atoms. The van der Waals surface area contributed by atoms with E-state index in [-0.39, 0.29) is 6.04 Å². The smallest absolute Gasteiger partial charge is 0.475 e. The van der Waals surface area contributed by atoms with Crippen molar-refractivity contribution in [1.82, 2.24) is 5.32 Å². The van der Waals surface area contributed by atoms with Crippen LogP contribution in [0.3, 0.4) is 0 Å². The van der Waals surface area contributed by atoms with Gasteiger partial charge >= 0.3 is 12.1 Å². The lowest BCUT2D eigenvalue weighted by molar-refractivity contribution is -0.192. The second-order valence-electron chi connectivity index (χ2n) is 4.24. The largest absolute Gasteiger partial charge is 0.490 e. The number of nitrogens with one attached hydrogen (secondary N) is 1. The van der Waals surface area contributed by atoms with E-state index in [0.29, 0.717) is 5.92 Å². The molecular weight excluding hydrogens is 242 g/mol. The molecule has 17 heavy (non-hydrogen) atoms. The molecule has 7 heteroatoms. The molecule has 3 unspecified atom stereocenters. The second-order valence-corrected chi connectivity index (χ2v) is 4.24. The minimum absolute atomic E-state index is 0.236. The van der Waals surface area contributed by atoms with Gasteiger partial charge in [-0.3, -0.25) is 0 Å². The summed E-state index contributed by atoms with van der Waals surface area (Å²) in [4.78, 5) is 8.90. The lowest BCUT2D eigenvalue weighted by Crippen LogP contribution is -2.22. The molecule has 0 spiro atoms. The summed E-state index contributed by atoms with van der Waals surface area (Å²) in [5, 5.41) is 10.4. The van der Waals surface area contributed by atoms with Gasteiger partial charge in [-0.1, -0.05) is 12.8 Å². The van der Waals surface area contributed by atoms with E-state index >= 15 is 0 Å². The Kier molecular flexibility index (Phi) is 4.73. The maximum atomic E-state index is 12.8. The van der Waals surface area contributed by atoms with Crippen LogP contribution in [0.4, 0.5) is 17.6 Å². The predicted octanol–water partition coefficient (Wildman–Crippen LogP) is 2.12. The Bertz CT molecular complexity index is 256. The molecule has 2 N–H and O–H groups in total. The minimum Gasteiger partial charge on any atom is -0.475 e. The Morgan fingerprint density at radius 2 is 1.82 bits per heavy atom. The number of carboxylic acids is 1. The standard InChI is InChI=1S/C8H14FN.C2HF3O2/c9-7-6-4-2-1-3-5-10-8(6)7;3-2(4,5)1(6)7/h6-8,10H,1-5H2;(H,6,7). The Morgan fingerprint density at radius 3 is 2.35 bits per heavy atom. The van der Waals surface area contributed by atoms with Crippen molar-refractivity contribution >= 4 is 5.97 Å². The van der Waals surface area contributed by atoms with Crippen LogP contribution in [0.15, 0.2) is 0 Å². The summed E-state index contributed by atoms with van der Waals surface area (Å²) in [6.45, 7) is 1.03. The van der Waals surface area contributed by atoms with Gasteiger partial charge in [0.25, 0.3) is 0 Å². The van der Waals surface area contributed by atoms with E-state index < -0.39 is 18.3 Å². The van der Waals surface area contributed by atoms with Gasteiger partial charge in [0.05, 0.1) is 0 Å². The van der Waals surface area contributed by atoms with Crippen LogP contribution in [0.25, 0.3) is 0 Å². The normalized spacial score (nSPS) is 32.4. The second kappa shape index (κ2) is 5.66. The first-order valence-corrected chi connectivity index (χ1v) is 5.51. The number of aliphatic carboxylic acids is 1. The number of hydrogen-bond donors (Lipinski definition) is 2. The van der Waals surface area contributed by atoms with Gasteiger partial charge < -0.3 is 10.4 Å². The van der Waals surface area contributed by atoms with Gasteiger partial charge in [-0.05, 0) is 19.4 Å². The first-order chi connectivity index (χ1) is 7.84. The lowest BCUT2D eigenvalue weighted by atomic mass is 10.1. The van der Waals surface area contributed by atoms with Crippen LogP contribution in [-0.2, 0) is 4.79 Å². The highest BCUT2D eigenvalue weighted by Crippen LogP contribution is 2.39. The zero-order chi connectivity index (χ0) is 13.1. The third-order valence-corrected chi connectivity index (χ3v) is 2.91. The summed E-state index contributed by atoms with van der Waals surface area (Å²) in [6, 6.07) is 0.236. The lowest BCUT2D eigenvalue weighted by Gasteiger charge is -2.06. The third-order valence-electron chi connectivity index (χ3n) is 2.91. The number of fused-ring (bicyclic) bond motifs is 1. The van der Waals surface area contributed by atoms with Crippen LogP contribution in [0.5, 0.6) is 0 Å². The fourth-order valence-corrected chi connectivity index (χ4v) is 1.89. The van der Waals surface area contributed by atoms with Crippen LogP contribution in [0.2, 0.25) is 0 Å². The van der Waals surface area contributed by atoms with Gasteiger partial charge in [0, 0.05) is 12.0 Å². The molecule has 2 fully saturated rings. The Labute approximate surface area is 96.2 Å². The zero-order valence-corrected chi connectivity index (χ0v) is 9.13. The van der Waals surface area contributed by atoms with E-state index in [1.165, 1.54) is 19.3 Å². The summed E-state index contributed by atoms with van der Waals surface area (Å²) in [6.07, 6.45) is -0.737. The Balaban J connectivity index is 0.000000185. The van der Waals surface area contributed by atoms with Gasteiger partial charge in [-0.2, -0.15) is 13.2 Å². The van der Waals surface area contributed by atoms with E-state index in [0.717, 1.165) is 13.0 Å². The molecule has 1 aliphatic carbocycles. The molecule has 0 aromatic rings. The molecule has 1 aliphatic heterocycles. The molecule has 2 aliphatic rings. The zero-order valence-electron chi connectivity index (χ0n) is 9.13. The molecular formula is C10H15F4NO2. The number of carbonyl (C=O) groups is 1. The number of rotatable bonds is 0. The summed E-state index contributed by atoms with van der Waals surface area (Å²) < 4.78 is 44.5. The van der Waals surface area contributed by atoms with Crippen molar-refractivity contribution in [2.45, 2.75) is 44.1 Å². The van der Waals surface area contributed by atoms with Crippen molar-refractivity contribution < 1.29 is 27.5 Å². The summed E-state index contributed by atoms with van der Waals surface area (Å²) in [7, 11) is 0. The molecule has 0 aromatic heterocycles. The van der Waals surface area contributed by atoms with Crippen molar-refractivity contribution in [3.8, 4) is 0 Å². The van der Waals surface area contributed by atoms with Crippen molar-refractivity contribution in [3.63, 3.8) is 0 Å². The highest BCUT2D eigenvalue weighted by molar-refractivity contribution is 5.73. The average Bonchev–Trinajstić information content (AvgIpc) is 2.72. The Morgan fingerprint density at radius 1 is 1.24 bits per heavy atom. The summed E-state index contributed by atoms with van der Waals surface area (Å²) >= 11 is 0. The van der Waals surface area contributed by atoms with E-state index in [4.69, 9.17) is 9.90 Å². The monoisotopic (exact) mass is 257 g/mol. The maximum Gasteiger partial charge on any atom is 0.490 e. The maximum absolute atomic E-state index is 12.8. The van der Waals surface area contributed by atoms with Crippen molar-refractivity contribution in [2.75, 3.05) is 6.54 Å². The van der Waals surface area contributed by atoms with E-state index in [1.807, 2.05) is 0 Å². The van der Waals surface area contributed by atoms with Crippen LogP contribution < -0.4 is 5.32 Å². The van der Waals surface area contributed by atoms with Crippen molar-refractivity contribution in [3.05, 3.63) is 0 Å². The highest BCUT2D eigenvalue weighted by Gasteiger charge is 2.50. The summed E-state index contributed by atoms with van der Waals surface area (Å²) in [5.41, 5.74) is 0. The third kappa shape index (κ3) is 4.49. The van der Waals surface area contributed by atoms with Crippen molar-refractivity contribution in [2.24, 2.45) is 5.92 Å². The minimum atomic E-state index is -5.08. The van der Waals surface area contributed by atoms with Gasteiger partial charge in [-0.25, -0.2) is 9.18 Å². The SMILES string of the molecule is FC1C2CCCCCNC12.O=C(O)C(F)(F)F. The van der Waals surface area contributed by atoms with Gasteiger partial charge in [0.2, 0.25) is 0 Å². The number of alkyl halides is 4. The van der Waals surface area contributed by atoms with E-state index in [1.54, 1.807) is 0 Å². The van der Waals surface area contributed by atoms with Crippen LogP contribution in [0.1, 0.15) is 25.7 Å². The molecule has 0 radical (unpaired) electrons. The fourth-order valence-electron chi connectivity index (χ4n) is 1.89. The van der Waals surface area contributed by atoms with Gasteiger partial charge in [0.1, 0.15) is 6.17 Å². The average molecular weight is 257 g/mol. The van der Waals surface area contributed by atoms with Crippen LogP contribution in [-0.4, -0.2) is 36.0 Å². The fraction of sp³-hybridized carbons (Fsp3) is 0.900. The number of halogens is 4. The van der Waals surface area contributed by atoms with Gasteiger partial charge in [-0.15, -0.1) is 0 Å². The molecule has 100 valence electrons. The Hall–Kier alpha value is -0.850. The first-order valence-electron chi connectivity index (χ1n) is 5.51. The predicted molar refractivity (Wildman–Crippen MR) is 52.3 cm³/mol. The number of hydrogen-bond acceptors (Lipinski definition) is 2. The molecule has 0 aromatic carbocycles. The highest BCUT2D eigenvalue weighted by atomic mass is 19.4. The van der Waals surface area contributed by atoms with Gasteiger partial charge in [0.15, 0.2) is 0 Å².